The fraction of sp³-hybridized carbons (Fsp3) is 0.429. The second kappa shape index (κ2) is 8.74. The fourth-order valence-corrected chi connectivity index (χ4v) is 1.88. The van der Waals surface area contributed by atoms with Gasteiger partial charge in [-0.1, -0.05) is 30.1 Å². The van der Waals surface area contributed by atoms with Crippen molar-refractivity contribution in [2.75, 3.05) is 13.2 Å². The van der Waals surface area contributed by atoms with Gasteiger partial charge in [-0.3, -0.25) is 9.59 Å². The Hall–Kier alpha value is -1.46. The van der Waals surface area contributed by atoms with E-state index in [1.807, 2.05) is 6.92 Å². The van der Waals surface area contributed by atoms with Crippen molar-refractivity contribution in [3.05, 3.63) is 28.2 Å². The first-order valence-corrected chi connectivity index (χ1v) is 7.20. The largest absolute Gasteiger partial charge is 0.482 e. The van der Waals surface area contributed by atoms with E-state index in [4.69, 9.17) is 33.0 Å². The Labute approximate surface area is 133 Å². The van der Waals surface area contributed by atoms with Crippen molar-refractivity contribution < 1.29 is 19.4 Å². The van der Waals surface area contributed by atoms with Crippen molar-refractivity contribution in [1.82, 2.24) is 5.32 Å². The zero-order chi connectivity index (χ0) is 15.8. The summed E-state index contributed by atoms with van der Waals surface area (Å²) in [5.41, 5.74) is 0. The van der Waals surface area contributed by atoms with Crippen molar-refractivity contribution in [3.8, 4) is 5.75 Å². The van der Waals surface area contributed by atoms with Crippen LogP contribution in [0.3, 0.4) is 0 Å². The molecule has 5 nitrogen and oxygen atoms in total. The van der Waals surface area contributed by atoms with Crippen LogP contribution in [0.5, 0.6) is 5.75 Å². The maximum absolute atomic E-state index is 11.6. The van der Waals surface area contributed by atoms with Crippen LogP contribution in [-0.2, 0) is 9.59 Å². The smallest absolute Gasteiger partial charge is 0.303 e. The van der Waals surface area contributed by atoms with Gasteiger partial charge in [-0.05, 0) is 24.5 Å². The molecule has 0 aliphatic rings. The van der Waals surface area contributed by atoms with Crippen molar-refractivity contribution in [2.24, 2.45) is 5.92 Å². The highest BCUT2D eigenvalue weighted by atomic mass is 35.5. The Morgan fingerprint density at radius 3 is 2.76 bits per heavy atom. The fourth-order valence-electron chi connectivity index (χ4n) is 1.54. The third-order valence-electron chi connectivity index (χ3n) is 2.75. The lowest BCUT2D eigenvalue weighted by molar-refractivity contribution is -0.137. The molecule has 0 aliphatic heterocycles. The molecule has 0 aromatic heterocycles. The minimum absolute atomic E-state index is 0.0832. The highest BCUT2D eigenvalue weighted by Gasteiger charge is 2.09. The molecule has 0 spiro atoms. The van der Waals surface area contributed by atoms with E-state index >= 15 is 0 Å². The van der Waals surface area contributed by atoms with Gasteiger partial charge >= 0.3 is 5.97 Å². The Morgan fingerprint density at radius 2 is 2.10 bits per heavy atom. The quantitative estimate of drug-likeness (QED) is 0.766. The molecule has 116 valence electrons. The molecule has 1 aromatic rings. The number of carboxylic acid groups (broad SMARTS) is 1. The van der Waals surface area contributed by atoms with Crippen LogP contribution in [-0.4, -0.2) is 30.1 Å². The van der Waals surface area contributed by atoms with Crippen LogP contribution in [0.15, 0.2) is 18.2 Å². The van der Waals surface area contributed by atoms with Crippen LogP contribution >= 0.6 is 23.2 Å². The van der Waals surface area contributed by atoms with E-state index in [-0.39, 0.29) is 24.9 Å². The summed E-state index contributed by atoms with van der Waals surface area (Å²) in [7, 11) is 0. The van der Waals surface area contributed by atoms with E-state index in [0.717, 1.165) is 0 Å². The van der Waals surface area contributed by atoms with Crippen LogP contribution < -0.4 is 10.1 Å². The predicted molar refractivity (Wildman–Crippen MR) is 81.0 cm³/mol. The maximum Gasteiger partial charge on any atom is 0.303 e. The summed E-state index contributed by atoms with van der Waals surface area (Å²) in [6.45, 7) is 2.10. The van der Waals surface area contributed by atoms with Gasteiger partial charge in [0.15, 0.2) is 6.61 Å². The molecule has 0 heterocycles. The Kier molecular flexibility index (Phi) is 7.32. The van der Waals surface area contributed by atoms with E-state index in [2.05, 4.69) is 5.32 Å². The second-order valence-corrected chi connectivity index (χ2v) is 5.55. The number of carbonyl (C=O) groups is 2. The molecule has 1 atom stereocenters. The third-order valence-corrected chi connectivity index (χ3v) is 3.30. The highest BCUT2D eigenvalue weighted by Crippen LogP contribution is 2.27. The standard InChI is InChI=1S/C14H17Cl2NO4/c1-9(2-5-14(19)20)7-17-13(18)8-21-12-6-10(15)3-4-11(12)16/h3-4,6,9H,2,5,7-8H2,1H3,(H,17,18)(H,19,20). The zero-order valence-electron chi connectivity index (χ0n) is 11.6. The van der Waals surface area contributed by atoms with Crippen molar-refractivity contribution >= 4 is 35.1 Å². The molecule has 1 amide bonds. The number of hydrogen-bond acceptors (Lipinski definition) is 3. The first-order valence-electron chi connectivity index (χ1n) is 6.45. The molecule has 2 N–H and O–H groups in total. The monoisotopic (exact) mass is 333 g/mol. The Bertz CT molecular complexity index is 508. The molecule has 0 fully saturated rings. The van der Waals surface area contributed by atoms with Crippen LogP contribution in [0.2, 0.25) is 10.0 Å². The molecule has 0 radical (unpaired) electrons. The van der Waals surface area contributed by atoms with Crippen molar-refractivity contribution in [2.45, 2.75) is 19.8 Å². The van der Waals surface area contributed by atoms with E-state index in [1.54, 1.807) is 12.1 Å². The van der Waals surface area contributed by atoms with E-state index in [0.29, 0.717) is 28.8 Å². The predicted octanol–water partition coefficient (Wildman–Crippen LogP) is 2.99. The lowest BCUT2D eigenvalue weighted by Crippen LogP contribution is -2.32. The number of amides is 1. The normalized spacial score (nSPS) is 11.8. The summed E-state index contributed by atoms with van der Waals surface area (Å²) in [5, 5.41) is 12.1. The van der Waals surface area contributed by atoms with Gasteiger partial charge in [-0.25, -0.2) is 0 Å². The number of aliphatic carboxylic acids is 1. The molecule has 0 saturated carbocycles. The number of halogens is 2. The number of nitrogens with one attached hydrogen (secondary N) is 1. The average Bonchev–Trinajstić information content (AvgIpc) is 2.43. The minimum Gasteiger partial charge on any atom is -0.482 e. The molecule has 0 aliphatic carbocycles. The number of carboxylic acids is 1. The number of rotatable bonds is 8. The number of carbonyl (C=O) groups excluding carboxylic acids is 1. The number of ether oxygens (including phenoxy) is 1. The summed E-state index contributed by atoms with van der Waals surface area (Å²) < 4.78 is 5.29. The van der Waals surface area contributed by atoms with Crippen molar-refractivity contribution in [1.29, 1.82) is 0 Å². The highest BCUT2D eigenvalue weighted by molar-refractivity contribution is 6.34. The van der Waals surface area contributed by atoms with Gasteiger partial charge < -0.3 is 15.2 Å². The lowest BCUT2D eigenvalue weighted by atomic mass is 10.1. The maximum atomic E-state index is 11.6. The number of hydrogen-bond donors (Lipinski definition) is 2. The summed E-state index contributed by atoms with van der Waals surface area (Å²) in [4.78, 5) is 22.1. The molecule has 0 saturated heterocycles. The first kappa shape index (κ1) is 17.6. The van der Waals surface area contributed by atoms with Gasteiger partial charge in [0.1, 0.15) is 5.75 Å². The Balaban J connectivity index is 2.31. The third kappa shape index (κ3) is 7.20. The van der Waals surface area contributed by atoms with Crippen LogP contribution in [0.4, 0.5) is 0 Å². The van der Waals surface area contributed by atoms with E-state index < -0.39 is 5.97 Å². The summed E-state index contributed by atoms with van der Waals surface area (Å²) >= 11 is 11.7. The lowest BCUT2D eigenvalue weighted by Gasteiger charge is -2.12. The SMILES string of the molecule is CC(CCC(=O)O)CNC(=O)COc1cc(Cl)ccc1Cl. The van der Waals surface area contributed by atoms with Gasteiger partial charge in [-0.15, -0.1) is 0 Å². The molecule has 1 unspecified atom stereocenters. The topological polar surface area (TPSA) is 75.6 Å². The molecule has 1 rings (SSSR count). The van der Waals surface area contributed by atoms with Gasteiger partial charge in [0, 0.05) is 24.1 Å². The second-order valence-electron chi connectivity index (χ2n) is 4.71. The van der Waals surface area contributed by atoms with Crippen LogP contribution in [0, 0.1) is 5.92 Å². The van der Waals surface area contributed by atoms with Gasteiger partial charge in [-0.2, -0.15) is 0 Å². The summed E-state index contributed by atoms with van der Waals surface area (Å²) in [6.07, 6.45) is 0.599. The average molecular weight is 334 g/mol. The number of benzene rings is 1. The summed E-state index contributed by atoms with van der Waals surface area (Å²) in [6, 6.07) is 4.75. The van der Waals surface area contributed by atoms with Crippen LogP contribution in [0.25, 0.3) is 0 Å². The van der Waals surface area contributed by atoms with E-state index in [1.165, 1.54) is 6.07 Å². The van der Waals surface area contributed by atoms with Gasteiger partial charge in [0.25, 0.3) is 5.91 Å². The molecule has 1 aromatic carbocycles. The Morgan fingerprint density at radius 1 is 1.38 bits per heavy atom. The van der Waals surface area contributed by atoms with Gasteiger partial charge in [0.05, 0.1) is 5.02 Å². The van der Waals surface area contributed by atoms with Crippen LogP contribution in [0.1, 0.15) is 19.8 Å². The van der Waals surface area contributed by atoms with E-state index in [9.17, 15) is 9.59 Å². The first-order chi connectivity index (χ1) is 9.88. The molecular formula is C14H17Cl2NO4. The molecule has 7 heteroatoms. The van der Waals surface area contributed by atoms with Crippen molar-refractivity contribution in [3.63, 3.8) is 0 Å². The van der Waals surface area contributed by atoms with Gasteiger partial charge in [0.2, 0.25) is 0 Å². The summed E-state index contributed by atoms with van der Waals surface area (Å²) in [5.74, 6) is -0.710. The molecular weight excluding hydrogens is 317 g/mol. The zero-order valence-corrected chi connectivity index (χ0v) is 13.1. The molecule has 0 bridgehead atoms. The minimum atomic E-state index is -0.841. The molecule has 21 heavy (non-hydrogen) atoms.